The Hall–Kier alpha value is -3.35. The Morgan fingerprint density at radius 1 is 0.962 bits per heavy atom. The molecule has 2 aromatic rings. The van der Waals surface area contributed by atoms with Crippen LogP contribution in [-0.2, 0) is 11.3 Å². The monoisotopic (exact) mass is 355 g/mol. The first-order valence-electron chi connectivity index (χ1n) is 8.16. The number of primary amides is 1. The summed E-state index contributed by atoms with van der Waals surface area (Å²) in [6, 6.07) is 13.7. The molecule has 0 unspecified atom stereocenters. The maximum absolute atomic E-state index is 12.2. The number of carbonyl (C=O) groups is 3. The molecule has 0 fully saturated rings. The molecule has 0 radical (unpaired) electrons. The maximum atomic E-state index is 12.2. The van der Waals surface area contributed by atoms with Gasteiger partial charge in [-0.2, -0.15) is 0 Å². The van der Waals surface area contributed by atoms with E-state index in [1.807, 2.05) is 6.92 Å². The minimum atomic E-state index is -0.605. The Labute approximate surface area is 151 Å². The number of carbonyl (C=O) groups excluding carboxylic acids is 3. The first kappa shape index (κ1) is 19.0. The first-order valence-corrected chi connectivity index (χ1v) is 8.16. The molecular weight excluding hydrogens is 334 g/mol. The lowest BCUT2D eigenvalue weighted by Gasteiger charge is -2.08. The van der Waals surface area contributed by atoms with Crippen molar-refractivity contribution in [2.45, 2.75) is 13.5 Å². The van der Waals surface area contributed by atoms with Crippen LogP contribution in [0.15, 0.2) is 48.5 Å². The third-order valence-corrected chi connectivity index (χ3v) is 3.50. The van der Waals surface area contributed by atoms with E-state index in [4.69, 9.17) is 10.5 Å². The highest BCUT2D eigenvalue weighted by Gasteiger charge is 2.08. The Kier molecular flexibility index (Phi) is 6.73. The van der Waals surface area contributed by atoms with Crippen LogP contribution in [0.3, 0.4) is 0 Å². The summed E-state index contributed by atoms with van der Waals surface area (Å²) in [5, 5.41) is 5.23. The average molecular weight is 355 g/mol. The van der Waals surface area contributed by atoms with Crippen LogP contribution in [0.2, 0.25) is 0 Å². The van der Waals surface area contributed by atoms with Gasteiger partial charge in [0.05, 0.1) is 13.2 Å². The summed E-state index contributed by atoms with van der Waals surface area (Å²) in [5.41, 5.74) is 6.74. The number of hydrogen-bond donors (Lipinski definition) is 3. The lowest BCUT2D eigenvalue weighted by molar-refractivity contribution is -0.117. The van der Waals surface area contributed by atoms with E-state index in [-0.39, 0.29) is 18.4 Å². The summed E-state index contributed by atoms with van der Waals surface area (Å²) in [6.45, 7) is 2.52. The van der Waals surface area contributed by atoms with Crippen LogP contribution in [0, 0.1) is 0 Å². The molecule has 2 aromatic carbocycles. The molecule has 0 aliphatic carbocycles. The molecule has 0 aromatic heterocycles. The average Bonchev–Trinajstić information content (AvgIpc) is 2.65. The Bertz CT molecular complexity index is 788. The van der Waals surface area contributed by atoms with Crippen molar-refractivity contribution in [1.29, 1.82) is 0 Å². The van der Waals surface area contributed by atoms with Crippen molar-refractivity contribution in [2.75, 3.05) is 13.2 Å². The van der Waals surface area contributed by atoms with Gasteiger partial charge in [0.25, 0.3) is 11.8 Å². The summed E-state index contributed by atoms with van der Waals surface area (Å²) in [7, 11) is 0. The van der Waals surface area contributed by atoms with Crippen LogP contribution in [0.5, 0.6) is 5.75 Å². The highest BCUT2D eigenvalue weighted by Crippen LogP contribution is 2.13. The maximum Gasteiger partial charge on any atom is 0.251 e. The normalized spacial score (nSPS) is 10.0. The molecule has 0 aliphatic heterocycles. The molecule has 0 spiro atoms. The summed E-state index contributed by atoms with van der Waals surface area (Å²) in [6.07, 6.45) is 0. The number of ether oxygens (including phenoxy) is 1. The zero-order chi connectivity index (χ0) is 18.9. The lowest BCUT2D eigenvalue weighted by atomic mass is 10.1. The zero-order valence-corrected chi connectivity index (χ0v) is 14.5. The zero-order valence-electron chi connectivity index (χ0n) is 14.5. The smallest absolute Gasteiger partial charge is 0.251 e. The second kappa shape index (κ2) is 9.22. The van der Waals surface area contributed by atoms with Gasteiger partial charge in [0.1, 0.15) is 5.75 Å². The molecule has 4 N–H and O–H groups in total. The van der Waals surface area contributed by atoms with E-state index >= 15 is 0 Å². The quantitative estimate of drug-likeness (QED) is 0.661. The number of nitrogens with one attached hydrogen (secondary N) is 2. The van der Waals surface area contributed by atoms with Crippen molar-refractivity contribution in [3.8, 4) is 5.75 Å². The minimum absolute atomic E-state index is 0.211. The van der Waals surface area contributed by atoms with Crippen molar-refractivity contribution in [1.82, 2.24) is 10.6 Å². The fraction of sp³-hybridized carbons (Fsp3) is 0.211. The first-order chi connectivity index (χ1) is 12.5. The van der Waals surface area contributed by atoms with Crippen molar-refractivity contribution < 1.29 is 19.1 Å². The molecule has 26 heavy (non-hydrogen) atoms. The van der Waals surface area contributed by atoms with E-state index in [2.05, 4.69) is 10.6 Å². The minimum Gasteiger partial charge on any atom is -0.494 e. The molecule has 3 amide bonds. The van der Waals surface area contributed by atoms with Gasteiger partial charge in [0.2, 0.25) is 5.91 Å². The van der Waals surface area contributed by atoms with Gasteiger partial charge in [-0.15, -0.1) is 0 Å². The number of amides is 3. The SMILES string of the molecule is CCOc1cccc(C(=O)NCc2ccc(C(=O)NCC(N)=O)cc2)c1. The predicted molar refractivity (Wildman–Crippen MR) is 96.8 cm³/mol. The van der Waals surface area contributed by atoms with E-state index in [0.29, 0.717) is 30.0 Å². The van der Waals surface area contributed by atoms with E-state index in [9.17, 15) is 14.4 Å². The number of benzene rings is 2. The Morgan fingerprint density at radius 3 is 2.31 bits per heavy atom. The van der Waals surface area contributed by atoms with Crippen molar-refractivity contribution >= 4 is 17.7 Å². The summed E-state index contributed by atoms with van der Waals surface area (Å²) in [5.74, 6) is -0.556. The van der Waals surface area contributed by atoms with Crippen LogP contribution in [0.4, 0.5) is 0 Å². The van der Waals surface area contributed by atoms with Crippen molar-refractivity contribution in [3.05, 3.63) is 65.2 Å². The third-order valence-electron chi connectivity index (χ3n) is 3.50. The van der Waals surface area contributed by atoms with Gasteiger partial charge in [-0.25, -0.2) is 0 Å². The summed E-state index contributed by atoms with van der Waals surface area (Å²) >= 11 is 0. The van der Waals surface area contributed by atoms with Gasteiger partial charge in [-0.1, -0.05) is 18.2 Å². The van der Waals surface area contributed by atoms with Gasteiger partial charge in [-0.05, 0) is 42.8 Å². The van der Waals surface area contributed by atoms with Crippen molar-refractivity contribution in [3.63, 3.8) is 0 Å². The number of rotatable bonds is 8. The van der Waals surface area contributed by atoms with Gasteiger partial charge >= 0.3 is 0 Å². The van der Waals surface area contributed by atoms with Crippen LogP contribution in [0.1, 0.15) is 33.2 Å². The van der Waals surface area contributed by atoms with Crippen LogP contribution in [-0.4, -0.2) is 30.9 Å². The highest BCUT2D eigenvalue weighted by molar-refractivity contribution is 5.96. The van der Waals surface area contributed by atoms with E-state index in [1.54, 1.807) is 48.5 Å². The largest absolute Gasteiger partial charge is 0.494 e. The molecule has 0 aliphatic rings. The summed E-state index contributed by atoms with van der Waals surface area (Å²) in [4.78, 5) is 34.7. The molecule has 0 saturated carbocycles. The molecule has 0 bridgehead atoms. The van der Waals surface area contributed by atoms with Gasteiger partial charge in [-0.3, -0.25) is 14.4 Å². The van der Waals surface area contributed by atoms with Gasteiger partial charge in [0.15, 0.2) is 0 Å². The molecule has 0 saturated heterocycles. The second-order valence-corrected chi connectivity index (χ2v) is 5.49. The topological polar surface area (TPSA) is 111 Å². The third kappa shape index (κ3) is 5.62. The summed E-state index contributed by atoms with van der Waals surface area (Å²) < 4.78 is 5.38. The second-order valence-electron chi connectivity index (χ2n) is 5.49. The molecule has 136 valence electrons. The van der Waals surface area contributed by atoms with E-state index in [1.165, 1.54) is 0 Å². The highest BCUT2D eigenvalue weighted by atomic mass is 16.5. The Morgan fingerprint density at radius 2 is 1.65 bits per heavy atom. The van der Waals surface area contributed by atoms with Gasteiger partial charge in [0, 0.05) is 17.7 Å². The Balaban J connectivity index is 1.91. The molecular formula is C19H21N3O4. The lowest BCUT2D eigenvalue weighted by Crippen LogP contribution is -2.33. The molecule has 7 nitrogen and oxygen atoms in total. The van der Waals surface area contributed by atoms with Crippen LogP contribution < -0.4 is 21.1 Å². The molecule has 0 heterocycles. The fourth-order valence-electron chi connectivity index (χ4n) is 2.22. The number of nitrogens with two attached hydrogens (primary N) is 1. The van der Waals surface area contributed by atoms with Crippen LogP contribution >= 0.6 is 0 Å². The molecule has 2 rings (SSSR count). The number of hydrogen-bond acceptors (Lipinski definition) is 4. The molecule has 7 heteroatoms. The van der Waals surface area contributed by atoms with E-state index < -0.39 is 5.91 Å². The van der Waals surface area contributed by atoms with E-state index in [0.717, 1.165) is 5.56 Å². The van der Waals surface area contributed by atoms with Gasteiger partial charge < -0.3 is 21.1 Å². The standard InChI is InChI=1S/C19H21N3O4/c1-2-26-16-5-3-4-15(10-16)19(25)21-11-13-6-8-14(9-7-13)18(24)22-12-17(20)23/h3-10H,2,11-12H2,1H3,(H2,20,23)(H,21,25)(H,22,24). The van der Waals surface area contributed by atoms with Crippen LogP contribution in [0.25, 0.3) is 0 Å². The molecule has 0 atom stereocenters. The predicted octanol–water partition coefficient (Wildman–Crippen LogP) is 1.23. The fourth-order valence-corrected chi connectivity index (χ4v) is 2.22. The van der Waals surface area contributed by atoms with Crippen molar-refractivity contribution in [2.24, 2.45) is 5.73 Å².